The summed E-state index contributed by atoms with van der Waals surface area (Å²) in [5.74, 6) is 0. The first-order valence-electron chi connectivity index (χ1n) is 3.08. The highest BCUT2D eigenvalue weighted by Crippen LogP contribution is 2.32. The van der Waals surface area contributed by atoms with Gasteiger partial charge in [-0.25, -0.2) is 0 Å². The van der Waals surface area contributed by atoms with Crippen LogP contribution in [0.5, 0.6) is 0 Å². The lowest BCUT2D eigenvalue weighted by molar-refractivity contribution is -0.141. The molecule has 0 saturated carbocycles. The first-order valence-corrected chi connectivity index (χ1v) is 3.45. The Kier molecular flexibility index (Phi) is 2.25. The van der Waals surface area contributed by atoms with Crippen LogP contribution >= 0.6 is 11.6 Å². The van der Waals surface area contributed by atoms with Crippen LogP contribution in [0, 0.1) is 0 Å². The number of rotatable bonds is 0. The number of alkyl halides is 3. The Morgan fingerprint density at radius 3 is 2.46 bits per heavy atom. The van der Waals surface area contributed by atoms with Crippen molar-refractivity contribution < 1.29 is 13.2 Å². The standard InChI is InChI=1S/C6H4ClF3N2O/c7-2-1-3(11)5(13)12-4(2)6(8,9)10/h1H,11H2,(H,12,13). The van der Waals surface area contributed by atoms with Gasteiger partial charge in [0.05, 0.1) is 10.7 Å². The topological polar surface area (TPSA) is 58.9 Å². The van der Waals surface area contributed by atoms with Gasteiger partial charge in [-0.1, -0.05) is 11.6 Å². The molecule has 0 atom stereocenters. The van der Waals surface area contributed by atoms with E-state index in [0.29, 0.717) is 0 Å². The molecule has 0 spiro atoms. The summed E-state index contributed by atoms with van der Waals surface area (Å²) in [6.45, 7) is 0. The molecule has 1 aromatic heterocycles. The van der Waals surface area contributed by atoms with Crippen molar-refractivity contribution in [1.29, 1.82) is 0 Å². The number of anilines is 1. The summed E-state index contributed by atoms with van der Waals surface area (Å²) in [4.78, 5) is 12.2. The first-order chi connectivity index (χ1) is 5.82. The zero-order valence-corrected chi connectivity index (χ0v) is 6.83. The maximum atomic E-state index is 12.1. The lowest BCUT2D eigenvalue weighted by Gasteiger charge is -2.07. The molecule has 0 bridgehead atoms. The summed E-state index contributed by atoms with van der Waals surface area (Å²) >= 11 is 5.22. The minimum absolute atomic E-state index is 0.349. The van der Waals surface area contributed by atoms with Crippen LogP contribution in [-0.4, -0.2) is 4.98 Å². The van der Waals surface area contributed by atoms with Gasteiger partial charge in [0.15, 0.2) is 0 Å². The highest BCUT2D eigenvalue weighted by atomic mass is 35.5. The van der Waals surface area contributed by atoms with Gasteiger partial charge in [-0.3, -0.25) is 4.79 Å². The second-order valence-corrected chi connectivity index (χ2v) is 2.68. The van der Waals surface area contributed by atoms with E-state index in [-0.39, 0.29) is 5.69 Å². The number of nitrogen functional groups attached to an aromatic ring is 1. The molecule has 0 aliphatic heterocycles. The fourth-order valence-corrected chi connectivity index (χ4v) is 0.998. The molecule has 0 radical (unpaired) electrons. The molecule has 1 aromatic rings. The maximum absolute atomic E-state index is 12.1. The Labute approximate surface area is 75.3 Å². The largest absolute Gasteiger partial charge is 0.432 e. The molecule has 0 aliphatic rings. The summed E-state index contributed by atoms with van der Waals surface area (Å²) in [7, 11) is 0. The van der Waals surface area contributed by atoms with Crippen molar-refractivity contribution in [3.05, 3.63) is 27.1 Å². The molecule has 0 amide bonds. The summed E-state index contributed by atoms with van der Waals surface area (Å²) in [5, 5.41) is -0.621. The Bertz CT molecular complexity index is 384. The smallest absolute Gasteiger partial charge is 0.394 e. The fourth-order valence-electron chi connectivity index (χ4n) is 0.726. The van der Waals surface area contributed by atoms with Crippen LogP contribution in [0.15, 0.2) is 10.9 Å². The van der Waals surface area contributed by atoms with Crippen LogP contribution in [0.3, 0.4) is 0 Å². The van der Waals surface area contributed by atoms with Gasteiger partial charge in [-0.05, 0) is 6.07 Å². The molecule has 0 unspecified atom stereocenters. The third-order valence-corrected chi connectivity index (χ3v) is 1.60. The van der Waals surface area contributed by atoms with Crippen molar-refractivity contribution in [2.45, 2.75) is 6.18 Å². The molecule has 0 saturated heterocycles. The van der Waals surface area contributed by atoms with Crippen molar-refractivity contribution in [2.75, 3.05) is 5.73 Å². The Hall–Kier alpha value is -1.17. The van der Waals surface area contributed by atoms with E-state index in [4.69, 9.17) is 17.3 Å². The van der Waals surface area contributed by atoms with Crippen LogP contribution in [0.25, 0.3) is 0 Å². The molecule has 3 N–H and O–H groups in total. The van der Waals surface area contributed by atoms with E-state index >= 15 is 0 Å². The molecule has 72 valence electrons. The normalized spacial score (nSPS) is 11.7. The average Bonchev–Trinajstić information content (AvgIpc) is 1.94. The van der Waals surface area contributed by atoms with Crippen molar-refractivity contribution >= 4 is 17.3 Å². The number of nitrogens with one attached hydrogen (secondary N) is 1. The number of H-pyrrole nitrogens is 1. The predicted molar refractivity (Wildman–Crippen MR) is 41.5 cm³/mol. The molecule has 7 heteroatoms. The summed E-state index contributed by atoms with van der Waals surface area (Å²) in [5.41, 5.74) is 2.40. The zero-order valence-electron chi connectivity index (χ0n) is 6.07. The highest BCUT2D eigenvalue weighted by molar-refractivity contribution is 6.31. The predicted octanol–water partition coefficient (Wildman–Crippen LogP) is 1.63. The molecular formula is C6H4ClF3N2O. The van der Waals surface area contributed by atoms with Gasteiger partial charge in [0, 0.05) is 0 Å². The Morgan fingerprint density at radius 2 is 2.00 bits per heavy atom. The van der Waals surface area contributed by atoms with E-state index in [2.05, 4.69) is 0 Å². The van der Waals surface area contributed by atoms with Gasteiger partial charge < -0.3 is 10.7 Å². The number of pyridine rings is 1. The fraction of sp³-hybridized carbons (Fsp3) is 0.167. The van der Waals surface area contributed by atoms with Crippen LogP contribution in [0.4, 0.5) is 18.9 Å². The third-order valence-electron chi connectivity index (χ3n) is 1.31. The van der Waals surface area contributed by atoms with Gasteiger partial charge in [0.2, 0.25) is 0 Å². The van der Waals surface area contributed by atoms with E-state index in [1.807, 2.05) is 0 Å². The lowest BCUT2D eigenvalue weighted by atomic mass is 10.3. The molecule has 3 nitrogen and oxygen atoms in total. The van der Waals surface area contributed by atoms with Crippen molar-refractivity contribution in [2.24, 2.45) is 0 Å². The molecular weight excluding hydrogens is 209 g/mol. The number of hydrogen-bond donors (Lipinski definition) is 2. The number of hydrogen-bond acceptors (Lipinski definition) is 2. The van der Waals surface area contributed by atoms with Gasteiger partial charge in [-0.2, -0.15) is 13.2 Å². The minimum atomic E-state index is -4.68. The minimum Gasteiger partial charge on any atom is -0.394 e. The number of aromatic amines is 1. The van der Waals surface area contributed by atoms with E-state index in [0.717, 1.165) is 6.07 Å². The Balaban J connectivity index is 3.41. The second-order valence-electron chi connectivity index (χ2n) is 2.27. The SMILES string of the molecule is Nc1cc(Cl)c(C(F)(F)F)[nH]c1=O. The van der Waals surface area contributed by atoms with Gasteiger partial charge in [-0.15, -0.1) is 0 Å². The van der Waals surface area contributed by atoms with Crippen molar-refractivity contribution in [3.8, 4) is 0 Å². The van der Waals surface area contributed by atoms with E-state index in [9.17, 15) is 18.0 Å². The molecule has 1 heterocycles. The monoisotopic (exact) mass is 212 g/mol. The molecule has 0 aliphatic carbocycles. The molecule has 1 rings (SSSR count). The van der Waals surface area contributed by atoms with Crippen LogP contribution in [-0.2, 0) is 6.18 Å². The summed E-state index contributed by atoms with van der Waals surface area (Å²) in [6, 6.07) is 0.767. The second kappa shape index (κ2) is 2.95. The molecule has 0 aromatic carbocycles. The van der Waals surface area contributed by atoms with Crippen molar-refractivity contribution in [3.63, 3.8) is 0 Å². The van der Waals surface area contributed by atoms with Crippen LogP contribution in [0.1, 0.15) is 5.69 Å². The number of nitrogens with two attached hydrogens (primary N) is 1. The Morgan fingerprint density at radius 1 is 1.46 bits per heavy atom. The van der Waals surface area contributed by atoms with Crippen molar-refractivity contribution in [1.82, 2.24) is 4.98 Å². The first kappa shape index (κ1) is 9.91. The van der Waals surface area contributed by atoms with Gasteiger partial charge in [0.1, 0.15) is 5.69 Å². The highest BCUT2D eigenvalue weighted by Gasteiger charge is 2.34. The van der Waals surface area contributed by atoms with E-state index in [1.165, 1.54) is 0 Å². The summed E-state index contributed by atoms with van der Waals surface area (Å²) < 4.78 is 36.2. The van der Waals surface area contributed by atoms with Crippen LogP contribution < -0.4 is 11.3 Å². The van der Waals surface area contributed by atoms with Gasteiger partial charge in [0.25, 0.3) is 5.56 Å². The average molecular weight is 213 g/mol. The van der Waals surface area contributed by atoms with E-state index in [1.54, 1.807) is 4.98 Å². The van der Waals surface area contributed by atoms with E-state index < -0.39 is 22.5 Å². The molecule has 13 heavy (non-hydrogen) atoms. The third kappa shape index (κ3) is 1.95. The number of aromatic nitrogens is 1. The number of halogens is 4. The zero-order chi connectivity index (χ0) is 10.2. The van der Waals surface area contributed by atoms with Crippen LogP contribution in [0.2, 0.25) is 5.02 Å². The van der Waals surface area contributed by atoms with Gasteiger partial charge >= 0.3 is 6.18 Å². The quantitative estimate of drug-likeness (QED) is 0.687. The maximum Gasteiger partial charge on any atom is 0.432 e. The lowest BCUT2D eigenvalue weighted by Crippen LogP contribution is -2.19. The molecule has 0 fully saturated rings. The summed E-state index contributed by atoms with van der Waals surface area (Å²) in [6.07, 6.45) is -4.68.